The van der Waals surface area contributed by atoms with Gasteiger partial charge in [-0.3, -0.25) is 20.2 Å². The van der Waals surface area contributed by atoms with Crippen molar-refractivity contribution in [2.75, 3.05) is 5.32 Å². The lowest BCUT2D eigenvalue weighted by molar-refractivity contribution is -0.402. The maximum atomic E-state index is 12.1. The Labute approximate surface area is 138 Å². The summed E-state index contributed by atoms with van der Waals surface area (Å²) >= 11 is 1.33. The Bertz CT molecular complexity index is 1100. The lowest BCUT2D eigenvalue weighted by atomic mass is 10.1. The number of furan rings is 1. The molecule has 0 atom stereocenters. The summed E-state index contributed by atoms with van der Waals surface area (Å²) in [7, 11) is 0. The van der Waals surface area contributed by atoms with Crippen molar-refractivity contribution in [2.24, 2.45) is 0 Å². The molecule has 7 nitrogen and oxygen atoms in total. The van der Waals surface area contributed by atoms with E-state index in [4.69, 9.17) is 4.42 Å². The van der Waals surface area contributed by atoms with Crippen LogP contribution in [0.3, 0.4) is 0 Å². The third-order valence-electron chi connectivity index (χ3n) is 3.50. The molecule has 1 amide bonds. The summed E-state index contributed by atoms with van der Waals surface area (Å²) in [4.78, 5) is 26.5. The van der Waals surface area contributed by atoms with Crippen LogP contribution in [-0.2, 0) is 0 Å². The van der Waals surface area contributed by atoms with Crippen molar-refractivity contribution >= 4 is 49.2 Å². The zero-order valence-corrected chi connectivity index (χ0v) is 12.9. The van der Waals surface area contributed by atoms with E-state index in [9.17, 15) is 14.9 Å². The summed E-state index contributed by atoms with van der Waals surface area (Å²) in [5, 5.41) is 15.7. The Hall–Kier alpha value is -3.26. The molecule has 2 heterocycles. The molecule has 2 aromatic heterocycles. The highest BCUT2D eigenvalue weighted by atomic mass is 32.1. The van der Waals surface area contributed by atoms with Crippen LogP contribution in [0.2, 0.25) is 0 Å². The molecule has 4 rings (SSSR count). The summed E-state index contributed by atoms with van der Waals surface area (Å²) in [6.07, 6.45) is 0. The minimum absolute atomic E-state index is 0.134. The molecular weight excluding hydrogens is 330 g/mol. The van der Waals surface area contributed by atoms with Gasteiger partial charge >= 0.3 is 5.88 Å². The molecule has 0 fully saturated rings. The smallest absolute Gasteiger partial charge is 0.395 e. The van der Waals surface area contributed by atoms with Gasteiger partial charge in [-0.2, -0.15) is 0 Å². The summed E-state index contributed by atoms with van der Waals surface area (Å²) in [5.74, 6) is -1.19. The van der Waals surface area contributed by atoms with E-state index in [0.717, 1.165) is 27.1 Å². The fraction of sp³-hybridized carbons (Fsp3) is 0. The van der Waals surface area contributed by atoms with E-state index in [1.54, 1.807) is 0 Å². The second kappa shape index (κ2) is 5.43. The zero-order valence-electron chi connectivity index (χ0n) is 12.1. The number of nitrogens with zero attached hydrogens (tertiary/aromatic N) is 2. The molecule has 24 heavy (non-hydrogen) atoms. The lowest BCUT2D eigenvalue weighted by Crippen LogP contribution is -2.10. The van der Waals surface area contributed by atoms with Gasteiger partial charge in [0, 0.05) is 5.39 Å². The number of carbonyl (C=O) groups is 1. The molecule has 8 heteroatoms. The van der Waals surface area contributed by atoms with Crippen molar-refractivity contribution in [1.82, 2.24) is 4.98 Å². The molecule has 0 aliphatic heterocycles. The maximum Gasteiger partial charge on any atom is 0.433 e. The molecule has 0 spiro atoms. The van der Waals surface area contributed by atoms with Crippen LogP contribution in [0.5, 0.6) is 0 Å². The minimum Gasteiger partial charge on any atom is -0.395 e. The molecule has 0 unspecified atom stereocenters. The number of anilines is 1. The fourth-order valence-electron chi connectivity index (χ4n) is 2.42. The minimum atomic E-state index is -0.694. The first-order chi connectivity index (χ1) is 11.6. The number of nitro groups is 1. The molecule has 2 aromatic carbocycles. The number of carbonyl (C=O) groups excluding carboxylic acids is 1. The Morgan fingerprint density at radius 2 is 2.00 bits per heavy atom. The number of hydrogen-bond donors (Lipinski definition) is 1. The number of nitrogens with one attached hydrogen (secondary N) is 1. The van der Waals surface area contributed by atoms with Gasteiger partial charge in [-0.25, -0.2) is 4.98 Å². The van der Waals surface area contributed by atoms with Gasteiger partial charge in [-0.15, -0.1) is 0 Å². The monoisotopic (exact) mass is 339 g/mol. The van der Waals surface area contributed by atoms with Crippen molar-refractivity contribution < 1.29 is 14.1 Å². The van der Waals surface area contributed by atoms with E-state index < -0.39 is 16.7 Å². The highest BCUT2D eigenvalue weighted by Gasteiger charge is 2.18. The maximum absolute atomic E-state index is 12.1. The first-order valence-corrected chi connectivity index (χ1v) is 7.77. The van der Waals surface area contributed by atoms with Gasteiger partial charge in [0.2, 0.25) is 0 Å². The van der Waals surface area contributed by atoms with Gasteiger partial charge in [0.25, 0.3) is 5.91 Å². The lowest BCUT2D eigenvalue weighted by Gasteiger charge is -1.97. The molecule has 1 N–H and O–H groups in total. The quantitative estimate of drug-likeness (QED) is 0.445. The van der Waals surface area contributed by atoms with E-state index in [0.29, 0.717) is 5.13 Å². The summed E-state index contributed by atoms with van der Waals surface area (Å²) in [5.41, 5.74) is 0.804. The topological polar surface area (TPSA) is 98.3 Å². The molecule has 0 saturated heterocycles. The molecule has 118 valence electrons. The zero-order chi connectivity index (χ0) is 16.7. The molecule has 0 aliphatic carbocycles. The molecule has 0 saturated carbocycles. The van der Waals surface area contributed by atoms with Crippen LogP contribution in [0.25, 0.3) is 21.0 Å². The molecular formula is C16H9N3O4S. The van der Waals surface area contributed by atoms with Crippen molar-refractivity contribution in [3.8, 4) is 0 Å². The van der Waals surface area contributed by atoms with Crippen LogP contribution < -0.4 is 5.32 Å². The number of thiazole rings is 1. The number of aromatic nitrogens is 1. The SMILES string of the molecule is O=C(Nc1nc2c(ccc3ccccc32)s1)c1ccc([N+](=O)[O-])o1. The summed E-state index contributed by atoms with van der Waals surface area (Å²) in [6.45, 7) is 0. The average molecular weight is 339 g/mol. The second-order valence-corrected chi connectivity index (χ2v) is 6.03. The highest BCUT2D eigenvalue weighted by Crippen LogP contribution is 2.32. The van der Waals surface area contributed by atoms with Crippen molar-refractivity contribution in [3.05, 3.63) is 64.4 Å². The predicted octanol–water partition coefficient (Wildman–Crippen LogP) is 4.20. The van der Waals surface area contributed by atoms with Gasteiger partial charge in [0.1, 0.15) is 4.92 Å². The Balaban J connectivity index is 1.67. The van der Waals surface area contributed by atoms with Gasteiger partial charge in [-0.05, 0) is 17.5 Å². The van der Waals surface area contributed by atoms with Gasteiger partial charge in [0.05, 0.1) is 16.3 Å². The average Bonchev–Trinajstić information content (AvgIpc) is 3.21. The summed E-state index contributed by atoms with van der Waals surface area (Å²) < 4.78 is 5.83. The summed E-state index contributed by atoms with van der Waals surface area (Å²) in [6, 6.07) is 14.2. The molecule has 0 radical (unpaired) electrons. The third kappa shape index (κ3) is 2.38. The number of hydrogen-bond acceptors (Lipinski definition) is 6. The normalized spacial score (nSPS) is 11.0. The van der Waals surface area contributed by atoms with Crippen LogP contribution in [0.15, 0.2) is 52.9 Å². The van der Waals surface area contributed by atoms with Crippen molar-refractivity contribution in [3.63, 3.8) is 0 Å². The number of fused-ring (bicyclic) bond motifs is 3. The van der Waals surface area contributed by atoms with Gasteiger partial charge < -0.3 is 4.42 Å². The van der Waals surface area contributed by atoms with Gasteiger partial charge in [-0.1, -0.05) is 41.7 Å². The first-order valence-electron chi connectivity index (χ1n) is 6.96. The Morgan fingerprint density at radius 1 is 1.17 bits per heavy atom. The van der Waals surface area contributed by atoms with Gasteiger partial charge in [0.15, 0.2) is 10.9 Å². The van der Waals surface area contributed by atoms with Crippen molar-refractivity contribution in [1.29, 1.82) is 0 Å². The van der Waals surface area contributed by atoms with Crippen LogP contribution in [0.1, 0.15) is 10.6 Å². The molecule has 0 bridgehead atoms. The fourth-order valence-corrected chi connectivity index (χ4v) is 3.30. The Kier molecular flexibility index (Phi) is 3.24. The van der Waals surface area contributed by atoms with Crippen LogP contribution in [0.4, 0.5) is 11.0 Å². The largest absolute Gasteiger partial charge is 0.433 e. The molecule has 4 aromatic rings. The number of amides is 1. The van der Waals surface area contributed by atoms with E-state index in [-0.39, 0.29) is 5.76 Å². The first kappa shape index (κ1) is 14.3. The Morgan fingerprint density at radius 3 is 2.79 bits per heavy atom. The third-order valence-corrected chi connectivity index (χ3v) is 4.44. The second-order valence-electron chi connectivity index (χ2n) is 5.00. The molecule has 0 aliphatic rings. The van der Waals surface area contributed by atoms with E-state index in [1.165, 1.54) is 17.4 Å². The highest BCUT2D eigenvalue weighted by molar-refractivity contribution is 7.22. The number of benzene rings is 2. The van der Waals surface area contributed by atoms with E-state index >= 15 is 0 Å². The van der Waals surface area contributed by atoms with E-state index in [2.05, 4.69) is 10.3 Å². The standard InChI is InChI=1S/C16H9N3O4S/c20-15(11-6-8-13(23-11)19(21)22)18-16-17-14-10-4-2-1-3-9(10)5-7-12(14)24-16/h1-8H,(H,17,18,20). The predicted molar refractivity (Wildman–Crippen MR) is 90.4 cm³/mol. The van der Waals surface area contributed by atoms with Crippen LogP contribution in [-0.4, -0.2) is 15.8 Å². The van der Waals surface area contributed by atoms with Crippen LogP contribution >= 0.6 is 11.3 Å². The van der Waals surface area contributed by atoms with Crippen LogP contribution in [0, 0.1) is 10.1 Å². The van der Waals surface area contributed by atoms with E-state index in [1.807, 2.05) is 36.4 Å². The number of rotatable bonds is 3. The van der Waals surface area contributed by atoms with Crippen molar-refractivity contribution in [2.45, 2.75) is 0 Å².